The Hall–Kier alpha value is 0. The van der Waals surface area contributed by atoms with Crippen molar-refractivity contribution in [3.63, 3.8) is 0 Å². The summed E-state index contributed by atoms with van der Waals surface area (Å²) in [7, 11) is 0. The van der Waals surface area contributed by atoms with Gasteiger partial charge in [-0.15, -0.1) is 0 Å². The third-order valence-electron chi connectivity index (χ3n) is 7.52. The van der Waals surface area contributed by atoms with Crippen molar-refractivity contribution in [2.75, 3.05) is 0 Å². The summed E-state index contributed by atoms with van der Waals surface area (Å²) in [5, 5.41) is 0. The van der Waals surface area contributed by atoms with Crippen LogP contribution in [0.5, 0.6) is 0 Å². The number of hydrogen-bond acceptors (Lipinski definition) is 0. The van der Waals surface area contributed by atoms with Crippen LogP contribution in [0.4, 0.5) is 0 Å². The molecular formula is C33H67. The van der Waals surface area contributed by atoms with Gasteiger partial charge in [0, 0.05) is 0 Å². The normalized spacial score (nSPS) is 11.5. The molecule has 33 heavy (non-hydrogen) atoms. The Bertz CT molecular complexity index is 277. The molecule has 0 aliphatic carbocycles. The van der Waals surface area contributed by atoms with Gasteiger partial charge in [0.15, 0.2) is 0 Å². The molecule has 0 heterocycles. The monoisotopic (exact) mass is 464 g/mol. The molecule has 0 fully saturated rings. The van der Waals surface area contributed by atoms with Crippen LogP contribution in [-0.2, 0) is 0 Å². The second-order valence-corrected chi connectivity index (χ2v) is 11.1. The average Bonchev–Trinajstić information content (AvgIpc) is 2.83. The lowest BCUT2D eigenvalue weighted by molar-refractivity contribution is 0.519. The molecule has 0 aromatic rings. The van der Waals surface area contributed by atoms with E-state index in [2.05, 4.69) is 20.3 Å². The van der Waals surface area contributed by atoms with Crippen LogP contribution in [-0.4, -0.2) is 0 Å². The van der Waals surface area contributed by atoms with Crippen LogP contribution in [0, 0.1) is 6.42 Å². The van der Waals surface area contributed by atoms with Gasteiger partial charge in [0.25, 0.3) is 0 Å². The smallest absolute Gasteiger partial charge is 0.0386 e. The lowest BCUT2D eigenvalue weighted by atomic mass is 10.0. The molecule has 0 N–H and O–H groups in total. The molecule has 0 aliphatic rings. The molecule has 0 nitrogen and oxygen atoms in total. The van der Waals surface area contributed by atoms with Crippen molar-refractivity contribution < 1.29 is 0 Å². The van der Waals surface area contributed by atoms with E-state index in [1.54, 1.807) is 0 Å². The Kier molecular flexibility index (Phi) is 32.0. The van der Waals surface area contributed by atoms with Crippen LogP contribution < -0.4 is 0 Å². The first-order valence-electron chi connectivity index (χ1n) is 16.2. The van der Waals surface area contributed by atoms with Gasteiger partial charge in [0.05, 0.1) is 0 Å². The van der Waals surface area contributed by atoms with E-state index in [-0.39, 0.29) is 0 Å². The first kappa shape index (κ1) is 33.0. The standard InChI is InChI=1S/C33H67/c1-3-5-7-9-11-13-15-17-19-21-23-25-27-29-31-33-32-30-28-26-24-22-20-18-16-14-12-10-8-6-4-2/h19H,3-18,20-33H2,1-2H3. The van der Waals surface area contributed by atoms with Crippen LogP contribution in [0.3, 0.4) is 0 Å². The van der Waals surface area contributed by atoms with Gasteiger partial charge in [-0.1, -0.05) is 206 Å². The molecule has 199 valence electrons. The highest BCUT2D eigenvalue weighted by atomic mass is 14.0. The number of unbranched alkanes of at least 4 members (excludes halogenated alkanes) is 30. The minimum absolute atomic E-state index is 1.37. The fourth-order valence-electron chi connectivity index (χ4n) is 5.11. The zero-order valence-electron chi connectivity index (χ0n) is 23.8. The van der Waals surface area contributed by atoms with Gasteiger partial charge in [-0.05, 0) is 6.42 Å². The van der Waals surface area contributed by atoms with Crippen LogP contribution in [0.25, 0.3) is 0 Å². The van der Waals surface area contributed by atoms with E-state index in [1.807, 2.05) is 0 Å². The van der Waals surface area contributed by atoms with E-state index < -0.39 is 0 Å². The van der Waals surface area contributed by atoms with Crippen LogP contribution in [0.15, 0.2) is 0 Å². The van der Waals surface area contributed by atoms with Crippen molar-refractivity contribution in [3.05, 3.63) is 6.42 Å². The molecule has 0 rings (SSSR count). The maximum atomic E-state index is 2.57. The van der Waals surface area contributed by atoms with Crippen molar-refractivity contribution in [1.82, 2.24) is 0 Å². The zero-order valence-corrected chi connectivity index (χ0v) is 23.8. The Morgan fingerprint density at radius 2 is 0.424 bits per heavy atom. The first-order valence-corrected chi connectivity index (χ1v) is 16.2. The second-order valence-electron chi connectivity index (χ2n) is 11.1. The highest BCUT2D eigenvalue weighted by Crippen LogP contribution is 2.16. The van der Waals surface area contributed by atoms with E-state index in [0.717, 1.165) is 0 Å². The van der Waals surface area contributed by atoms with Gasteiger partial charge in [0.2, 0.25) is 0 Å². The van der Waals surface area contributed by atoms with Crippen molar-refractivity contribution in [1.29, 1.82) is 0 Å². The molecule has 0 spiro atoms. The number of hydrogen-bond donors (Lipinski definition) is 0. The quantitative estimate of drug-likeness (QED) is 0.0929. The van der Waals surface area contributed by atoms with Crippen LogP contribution in [0.1, 0.15) is 206 Å². The van der Waals surface area contributed by atoms with Gasteiger partial charge < -0.3 is 0 Å². The highest BCUT2D eigenvalue weighted by molar-refractivity contribution is 4.64. The maximum Gasteiger partial charge on any atom is -0.0386 e. The summed E-state index contributed by atoms with van der Waals surface area (Å²) in [6.45, 7) is 4.61. The van der Waals surface area contributed by atoms with Gasteiger partial charge in [-0.3, -0.25) is 0 Å². The third-order valence-corrected chi connectivity index (χ3v) is 7.52. The molecule has 0 saturated heterocycles. The summed E-state index contributed by atoms with van der Waals surface area (Å²) in [6.07, 6.45) is 46.4. The van der Waals surface area contributed by atoms with Crippen molar-refractivity contribution in [2.45, 2.75) is 206 Å². The summed E-state index contributed by atoms with van der Waals surface area (Å²) >= 11 is 0. The fraction of sp³-hybridized carbons (Fsp3) is 0.970. The molecule has 0 saturated carbocycles. The summed E-state index contributed by atoms with van der Waals surface area (Å²) in [4.78, 5) is 0. The molecule has 0 aromatic heterocycles. The Morgan fingerprint density at radius 3 is 0.636 bits per heavy atom. The summed E-state index contributed by atoms with van der Waals surface area (Å²) < 4.78 is 0. The van der Waals surface area contributed by atoms with E-state index in [0.29, 0.717) is 0 Å². The lowest BCUT2D eigenvalue weighted by Crippen LogP contribution is -1.85. The second kappa shape index (κ2) is 32.0. The predicted octanol–water partition coefficient (Wildman–Crippen LogP) is 12.9. The molecule has 0 aliphatic heterocycles. The molecule has 0 bridgehead atoms. The van der Waals surface area contributed by atoms with Gasteiger partial charge in [0.1, 0.15) is 0 Å². The Labute approximate surface area is 212 Å². The fourth-order valence-corrected chi connectivity index (χ4v) is 5.11. The Morgan fingerprint density at radius 1 is 0.242 bits per heavy atom. The van der Waals surface area contributed by atoms with Crippen LogP contribution in [0.2, 0.25) is 0 Å². The predicted molar refractivity (Wildman–Crippen MR) is 154 cm³/mol. The van der Waals surface area contributed by atoms with Gasteiger partial charge in [-0.25, -0.2) is 0 Å². The Balaban J connectivity index is 2.99. The molecule has 1 radical (unpaired) electrons. The van der Waals surface area contributed by atoms with E-state index in [4.69, 9.17) is 0 Å². The maximum absolute atomic E-state index is 2.57. The van der Waals surface area contributed by atoms with Gasteiger partial charge in [-0.2, -0.15) is 0 Å². The molecule has 0 heteroatoms. The van der Waals surface area contributed by atoms with Crippen LogP contribution >= 0.6 is 0 Å². The molecule has 0 aromatic carbocycles. The van der Waals surface area contributed by atoms with E-state index in [9.17, 15) is 0 Å². The lowest BCUT2D eigenvalue weighted by Gasteiger charge is -2.04. The molecule has 0 unspecified atom stereocenters. The summed E-state index contributed by atoms with van der Waals surface area (Å²) in [5.41, 5.74) is 0. The number of rotatable bonds is 30. The highest BCUT2D eigenvalue weighted by Gasteiger charge is 1.96. The molecule has 0 atom stereocenters. The van der Waals surface area contributed by atoms with Crippen molar-refractivity contribution in [3.8, 4) is 0 Å². The summed E-state index contributed by atoms with van der Waals surface area (Å²) in [5.74, 6) is 0. The summed E-state index contributed by atoms with van der Waals surface area (Å²) in [6, 6.07) is 0. The van der Waals surface area contributed by atoms with Crippen molar-refractivity contribution in [2.24, 2.45) is 0 Å². The van der Waals surface area contributed by atoms with Crippen molar-refractivity contribution >= 4 is 0 Å². The molecule has 0 amide bonds. The minimum Gasteiger partial charge on any atom is -0.0654 e. The minimum atomic E-state index is 1.37. The van der Waals surface area contributed by atoms with Gasteiger partial charge >= 0.3 is 0 Å². The average molecular weight is 464 g/mol. The topological polar surface area (TPSA) is 0 Å². The SMILES string of the molecule is CCCCCCCCC[CH]CCCCCCCCCCCCCCCCCCCCCCC. The van der Waals surface area contributed by atoms with E-state index in [1.165, 1.54) is 193 Å². The third kappa shape index (κ3) is 32.0. The zero-order chi connectivity index (χ0) is 23.9. The first-order chi connectivity index (χ1) is 16.4. The molecular weight excluding hydrogens is 396 g/mol. The largest absolute Gasteiger partial charge is 0.0654 e. The van der Waals surface area contributed by atoms with E-state index >= 15 is 0 Å².